The predicted octanol–water partition coefficient (Wildman–Crippen LogP) is 13.2. The highest BCUT2D eigenvalue weighted by molar-refractivity contribution is 6.13. The standard InChI is InChI=1S/C51H32N4O/c1-3-14-33(15-4-1)35-18-11-20-37(30-35)50-52-49(34-16-5-2-6-17-34)53-51(54-50)38-28-29-42-41-22-7-9-25-44(41)55(45(42)32-38)39-21-12-19-36(31-39)40-24-13-27-47-48(40)43-23-8-10-26-46(43)56-47/h1-32H/i1D,2D,3D,4D,5D,6D,7D,8D,9D,10D,11D,12D,13D,14D,15D,16D,17D,18D,19D,20D,21D,22D,23D,24D,25D,26D,27D,28D,29D,30D,31D,32D. The minimum atomic E-state index is -1.12. The van der Waals surface area contributed by atoms with E-state index in [1.165, 1.54) is 0 Å². The smallest absolute Gasteiger partial charge is 0.164 e. The van der Waals surface area contributed by atoms with Crippen molar-refractivity contribution in [3.63, 3.8) is 0 Å². The van der Waals surface area contributed by atoms with Crippen molar-refractivity contribution in [1.82, 2.24) is 19.5 Å². The van der Waals surface area contributed by atoms with E-state index in [4.69, 9.17) is 33.2 Å². The molecule has 3 aromatic heterocycles. The molecular weight excluding hydrogens is 685 g/mol. The zero-order valence-corrected chi connectivity index (χ0v) is 27.7. The number of nitrogens with zero attached hydrogens (tertiary/aromatic N) is 4. The Morgan fingerprint density at radius 1 is 0.375 bits per heavy atom. The highest BCUT2D eigenvalue weighted by Crippen LogP contribution is 2.39. The molecule has 0 N–H and O–H groups in total. The van der Waals surface area contributed by atoms with Gasteiger partial charge in [0, 0.05) is 43.9 Å². The van der Waals surface area contributed by atoms with E-state index in [2.05, 4.69) is 15.0 Å². The highest BCUT2D eigenvalue weighted by Gasteiger charge is 2.18. The molecule has 0 amide bonds. The molecule has 11 aromatic rings. The van der Waals surface area contributed by atoms with Gasteiger partial charge in [0.1, 0.15) is 11.2 Å². The zero-order chi connectivity index (χ0) is 64.9. The van der Waals surface area contributed by atoms with Gasteiger partial charge in [0.25, 0.3) is 0 Å². The van der Waals surface area contributed by atoms with E-state index >= 15 is 0 Å². The summed E-state index contributed by atoms with van der Waals surface area (Å²) in [7, 11) is 0. The lowest BCUT2D eigenvalue weighted by Crippen LogP contribution is -2.00. The van der Waals surface area contributed by atoms with Crippen molar-refractivity contribution in [2.24, 2.45) is 0 Å². The molecule has 0 aliphatic heterocycles. The molecule has 0 spiro atoms. The Morgan fingerprint density at radius 3 is 1.77 bits per heavy atom. The van der Waals surface area contributed by atoms with Crippen LogP contribution in [0.2, 0.25) is 0 Å². The van der Waals surface area contributed by atoms with E-state index in [9.17, 15) is 15.1 Å². The topological polar surface area (TPSA) is 56.7 Å². The molecule has 56 heavy (non-hydrogen) atoms. The molecule has 0 fully saturated rings. The Balaban J connectivity index is 1.34. The first-order valence-electron chi connectivity index (χ1n) is 32.2. The van der Waals surface area contributed by atoms with Crippen LogP contribution < -0.4 is 0 Å². The fraction of sp³-hybridized carbons (Fsp3) is 0. The molecule has 0 atom stereocenters. The third kappa shape index (κ3) is 5.37. The predicted molar refractivity (Wildman–Crippen MR) is 229 cm³/mol. The van der Waals surface area contributed by atoms with Crippen molar-refractivity contribution in [3.8, 4) is 62.1 Å². The van der Waals surface area contributed by atoms with E-state index in [1.54, 1.807) is 0 Å². The van der Waals surface area contributed by atoms with Gasteiger partial charge in [0.05, 0.1) is 54.9 Å². The number of para-hydroxylation sites is 2. The van der Waals surface area contributed by atoms with Crippen LogP contribution in [0, 0.1) is 0 Å². The summed E-state index contributed by atoms with van der Waals surface area (Å²) < 4.78 is 293. The van der Waals surface area contributed by atoms with Gasteiger partial charge in [-0.25, -0.2) is 15.0 Å². The fourth-order valence-corrected chi connectivity index (χ4v) is 5.99. The molecule has 0 bridgehead atoms. The molecule has 3 heterocycles. The normalized spacial score (nSPS) is 19.6. The van der Waals surface area contributed by atoms with Crippen LogP contribution in [0.25, 0.3) is 106 Å². The van der Waals surface area contributed by atoms with E-state index in [-0.39, 0.29) is 0 Å². The van der Waals surface area contributed by atoms with Gasteiger partial charge in [0.15, 0.2) is 17.5 Å². The minimum absolute atomic E-state index is 0.500. The summed E-state index contributed by atoms with van der Waals surface area (Å²) in [6, 6.07) is -31.2. The molecule has 0 aliphatic rings. The van der Waals surface area contributed by atoms with Crippen LogP contribution in [0.4, 0.5) is 0 Å². The maximum atomic E-state index is 10.1. The van der Waals surface area contributed by atoms with Crippen molar-refractivity contribution < 1.29 is 48.3 Å². The average molecular weight is 749 g/mol. The molecule has 5 nitrogen and oxygen atoms in total. The SMILES string of the molecule is [2H]c1c([2H])c([2H])c(-c2nc(-c3c([2H])c([2H])c([2H])c(-c4c([2H])c([2H])c([2H])c([2H])c4[2H])c3[2H])nc(-c3c([2H])c([2H])c4c5c([2H])c([2H])c([2H])c([2H])c5n(-c5c([2H])c([2H])c([2H])c(-c6c([2H])c([2H])c([2H])c7oc8c([2H])c([2H])c([2H])c([2H])c8c67)c5[2H])c4c3[2H])n2)c([2H])c1[2H]. The van der Waals surface area contributed by atoms with Gasteiger partial charge in [0.2, 0.25) is 0 Å². The van der Waals surface area contributed by atoms with Crippen molar-refractivity contribution in [2.75, 3.05) is 0 Å². The first-order chi connectivity index (χ1) is 41.1. The van der Waals surface area contributed by atoms with Gasteiger partial charge < -0.3 is 8.98 Å². The van der Waals surface area contributed by atoms with Crippen molar-refractivity contribution in [1.29, 1.82) is 0 Å². The quantitative estimate of drug-likeness (QED) is 0.170. The van der Waals surface area contributed by atoms with Crippen LogP contribution >= 0.6 is 0 Å². The van der Waals surface area contributed by atoms with Gasteiger partial charge in [-0.2, -0.15) is 0 Å². The molecule has 262 valence electrons. The number of hydrogen-bond donors (Lipinski definition) is 0. The Kier molecular flexibility index (Phi) is 3.10. The molecular formula is C51H32N4O. The van der Waals surface area contributed by atoms with E-state index in [0.717, 1.165) is 0 Å². The largest absolute Gasteiger partial charge is 0.456 e. The summed E-state index contributed by atoms with van der Waals surface area (Å²) in [6.45, 7) is 0. The Bertz CT molecular complexity index is 5080. The molecule has 0 saturated carbocycles. The number of furan rings is 1. The summed E-state index contributed by atoms with van der Waals surface area (Å²) >= 11 is 0. The fourth-order valence-electron chi connectivity index (χ4n) is 5.99. The van der Waals surface area contributed by atoms with Crippen LogP contribution in [-0.4, -0.2) is 19.5 Å². The number of hydrogen-bond acceptors (Lipinski definition) is 4. The number of aromatic nitrogens is 4. The van der Waals surface area contributed by atoms with E-state index < -0.39 is 299 Å². The number of fused-ring (bicyclic) bond motifs is 6. The maximum Gasteiger partial charge on any atom is 0.164 e. The molecule has 5 heteroatoms. The lowest BCUT2D eigenvalue weighted by atomic mass is 9.99. The molecule has 8 aromatic carbocycles. The first-order valence-corrected chi connectivity index (χ1v) is 16.2. The lowest BCUT2D eigenvalue weighted by Gasteiger charge is -2.12. The second-order valence-electron chi connectivity index (χ2n) is 11.6. The van der Waals surface area contributed by atoms with Gasteiger partial charge in [-0.15, -0.1) is 0 Å². The van der Waals surface area contributed by atoms with Gasteiger partial charge in [-0.3, -0.25) is 0 Å². The Labute approximate surface area is 367 Å². The summed E-state index contributed by atoms with van der Waals surface area (Å²) in [5, 5.41) is -2.37. The van der Waals surface area contributed by atoms with Crippen LogP contribution in [-0.2, 0) is 0 Å². The van der Waals surface area contributed by atoms with Crippen LogP contribution in [0.1, 0.15) is 43.9 Å². The molecule has 0 unspecified atom stereocenters. The van der Waals surface area contributed by atoms with E-state index in [1.807, 2.05) is 0 Å². The van der Waals surface area contributed by atoms with Crippen LogP contribution in [0.15, 0.2) is 198 Å². The summed E-state index contributed by atoms with van der Waals surface area (Å²) in [5.74, 6) is -2.97. The first kappa shape index (κ1) is 13.3. The molecule has 11 rings (SSSR count). The second-order valence-corrected chi connectivity index (χ2v) is 11.6. The number of rotatable bonds is 6. The maximum absolute atomic E-state index is 10.1. The second kappa shape index (κ2) is 13.0. The minimum Gasteiger partial charge on any atom is -0.456 e. The third-order valence-electron chi connectivity index (χ3n) is 8.37. The van der Waals surface area contributed by atoms with Crippen molar-refractivity contribution in [3.05, 3.63) is 193 Å². The monoisotopic (exact) mass is 748 g/mol. The third-order valence-corrected chi connectivity index (χ3v) is 8.37. The highest BCUT2D eigenvalue weighted by atomic mass is 16.3. The van der Waals surface area contributed by atoms with Crippen molar-refractivity contribution in [2.45, 2.75) is 0 Å². The Hall–Kier alpha value is -7.63. The molecule has 0 saturated heterocycles. The van der Waals surface area contributed by atoms with E-state index in [0.29, 0.717) is 4.57 Å². The summed E-state index contributed by atoms with van der Waals surface area (Å²) in [6.07, 6.45) is 0. The average Bonchev–Trinajstić information content (AvgIpc) is 1.74. The number of benzene rings is 8. The van der Waals surface area contributed by atoms with Gasteiger partial charge in [-0.05, 0) is 64.6 Å². The van der Waals surface area contributed by atoms with Gasteiger partial charge in [-0.1, -0.05) is 151 Å². The zero-order valence-electron chi connectivity index (χ0n) is 59.7. The molecule has 0 aliphatic carbocycles. The molecule has 0 radical (unpaired) electrons. The van der Waals surface area contributed by atoms with Crippen LogP contribution in [0.3, 0.4) is 0 Å². The Morgan fingerprint density at radius 2 is 0.946 bits per heavy atom. The van der Waals surface area contributed by atoms with Crippen molar-refractivity contribution >= 4 is 43.7 Å². The van der Waals surface area contributed by atoms with Crippen LogP contribution in [0.5, 0.6) is 0 Å². The lowest BCUT2D eigenvalue weighted by molar-refractivity contribution is 0.669. The van der Waals surface area contributed by atoms with Gasteiger partial charge >= 0.3 is 0 Å². The summed E-state index contributed by atoms with van der Waals surface area (Å²) in [5.41, 5.74) is -9.70. The summed E-state index contributed by atoms with van der Waals surface area (Å²) in [4.78, 5) is 13.0.